The van der Waals surface area contributed by atoms with Crippen LogP contribution in [0.1, 0.15) is 61.5 Å². The highest BCUT2D eigenvalue weighted by atomic mass is 16.6. The largest absolute Gasteiger partial charge is 0.444 e. The lowest BCUT2D eigenvalue weighted by Gasteiger charge is -2.40. The second-order valence-electron chi connectivity index (χ2n) is 7.69. The van der Waals surface area contributed by atoms with Crippen LogP contribution < -0.4 is 0 Å². The fourth-order valence-corrected chi connectivity index (χ4v) is 3.77. The van der Waals surface area contributed by atoms with E-state index in [0.29, 0.717) is 30.6 Å². The number of ether oxygens (including phenoxy) is 1. The Bertz CT molecular complexity index is 732. The van der Waals surface area contributed by atoms with E-state index in [1.54, 1.807) is 11.0 Å². The molecule has 3 rings (SSSR count). The molecule has 1 aliphatic heterocycles. The van der Waals surface area contributed by atoms with Crippen molar-refractivity contribution in [3.8, 4) is 6.07 Å². The third-order valence-electron chi connectivity index (χ3n) is 4.91. The second-order valence-corrected chi connectivity index (χ2v) is 7.69. The van der Waals surface area contributed by atoms with Gasteiger partial charge in [-0.3, -0.25) is 4.79 Å². The summed E-state index contributed by atoms with van der Waals surface area (Å²) in [5.74, 6) is 0.0490. The van der Waals surface area contributed by atoms with Gasteiger partial charge < -0.3 is 9.64 Å². The molecule has 0 atom stereocenters. The zero-order chi connectivity index (χ0) is 17.5. The average molecular weight is 326 g/mol. The Labute approximate surface area is 142 Å². The van der Waals surface area contributed by atoms with E-state index < -0.39 is 5.60 Å². The highest BCUT2D eigenvalue weighted by molar-refractivity contribution is 6.04. The number of Topliss-reactive ketones (excluding diaryl/α,β-unsaturated/α-hetero) is 1. The molecule has 1 spiro atoms. The first-order valence-electron chi connectivity index (χ1n) is 8.30. The van der Waals surface area contributed by atoms with E-state index in [1.807, 2.05) is 32.9 Å². The van der Waals surface area contributed by atoms with Crippen LogP contribution in [0, 0.1) is 11.3 Å². The minimum absolute atomic E-state index is 0.0490. The van der Waals surface area contributed by atoms with E-state index in [2.05, 4.69) is 6.07 Å². The Balaban J connectivity index is 1.80. The van der Waals surface area contributed by atoms with Gasteiger partial charge in [0, 0.05) is 30.5 Å². The lowest BCUT2D eigenvalue weighted by molar-refractivity contribution is 0.0166. The van der Waals surface area contributed by atoms with Gasteiger partial charge in [-0.1, -0.05) is 12.1 Å². The number of nitrogens with zero attached hydrogens (tertiary/aromatic N) is 2. The van der Waals surface area contributed by atoms with Gasteiger partial charge in [0.25, 0.3) is 0 Å². The van der Waals surface area contributed by atoms with E-state index >= 15 is 0 Å². The third-order valence-corrected chi connectivity index (χ3v) is 4.91. The van der Waals surface area contributed by atoms with Gasteiger partial charge in [-0.05, 0) is 45.2 Å². The molecule has 5 heteroatoms. The zero-order valence-electron chi connectivity index (χ0n) is 14.4. The lowest BCUT2D eigenvalue weighted by Crippen LogP contribution is -2.46. The molecule has 1 fully saturated rings. The summed E-state index contributed by atoms with van der Waals surface area (Å²) in [4.78, 5) is 26.4. The Morgan fingerprint density at radius 2 is 1.96 bits per heavy atom. The first-order valence-corrected chi connectivity index (χ1v) is 8.30. The van der Waals surface area contributed by atoms with Crippen LogP contribution in [0.3, 0.4) is 0 Å². The molecule has 0 radical (unpaired) electrons. The number of piperidine rings is 1. The predicted molar refractivity (Wildman–Crippen MR) is 88.8 cm³/mol. The number of rotatable bonds is 0. The Morgan fingerprint density at radius 1 is 1.29 bits per heavy atom. The van der Waals surface area contributed by atoms with Crippen molar-refractivity contribution >= 4 is 11.9 Å². The number of hydrogen-bond donors (Lipinski definition) is 0. The minimum Gasteiger partial charge on any atom is -0.444 e. The number of fused-ring (bicyclic) bond motifs is 2. The number of hydrogen-bond acceptors (Lipinski definition) is 4. The molecule has 1 aliphatic carbocycles. The summed E-state index contributed by atoms with van der Waals surface area (Å²) in [6.07, 6.45) is 1.58. The molecule has 5 nitrogen and oxygen atoms in total. The molecule has 0 bridgehead atoms. The van der Waals surface area contributed by atoms with Crippen molar-refractivity contribution < 1.29 is 14.3 Å². The number of carbonyl (C=O) groups excluding carboxylic acids is 2. The molecular formula is C19H22N2O3. The van der Waals surface area contributed by atoms with Gasteiger partial charge in [-0.2, -0.15) is 5.26 Å². The van der Waals surface area contributed by atoms with Crippen molar-refractivity contribution in [1.82, 2.24) is 4.90 Å². The maximum atomic E-state index is 12.5. The van der Waals surface area contributed by atoms with Crippen LogP contribution in [-0.4, -0.2) is 35.5 Å². The van der Waals surface area contributed by atoms with Crippen LogP contribution in [0.2, 0.25) is 0 Å². The highest BCUT2D eigenvalue weighted by Crippen LogP contribution is 2.47. The zero-order valence-corrected chi connectivity index (χ0v) is 14.4. The molecule has 126 valence electrons. The van der Waals surface area contributed by atoms with Gasteiger partial charge in [-0.15, -0.1) is 0 Å². The van der Waals surface area contributed by atoms with E-state index in [1.165, 1.54) is 0 Å². The van der Waals surface area contributed by atoms with E-state index in [9.17, 15) is 14.9 Å². The van der Waals surface area contributed by atoms with Gasteiger partial charge in [-0.25, -0.2) is 4.79 Å². The Hall–Kier alpha value is -2.35. The summed E-state index contributed by atoms with van der Waals surface area (Å²) in [6.45, 7) is 6.69. The number of carbonyl (C=O) groups is 2. The number of likely N-dealkylation sites (tertiary alicyclic amines) is 1. The number of amides is 1. The predicted octanol–water partition coefficient (Wildman–Crippen LogP) is 3.41. The van der Waals surface area contributed by atoms with Crippen molar-refractivity contribution in [2.75, 3.05) is 13.1 Å². The van der Waals surface area contributed by atoms with Gasteiger partial charge in [0.05, 0.1) is 11.6 Å². The third kappa shape index (κ3) is 2.77. The summed E-state index contributed by atoms with van der Waals surface area (Å²) >= 11 is 0. The SMILES string of the molecule is CC(C)(C)OC(=O)N1CCC2(CC1)CC(=O)c1c(C#N)cccc12. The van der Waals surface area contributed by atoms with Crippen LogP contribution in [0.5, 0.6) is 0 Å². The molecule has 1 aromatic carbocycles. The number of benzene rings is 1. The Kier molecular flexibility index (Phi) is 3.87. The minimum atomic E-state index is -0.510. The van der Waals surface area contributed by atoms with E-state index in [4.69, 9.17) is 4.74 Å². The molecular weight excluding hydrogens is 304 g/mol. The van der Waals surface area contributed by atoms with Crippen molar-refractivity contribution in [3.63, 3.8) is 0 Å². The second kappa shape index (κ2) is 5.62. The van der Waals surface area contributed by atoms with Crippen LogP contribution >= 0.6 is 0 Å². The molecule has 0 N–H and O–H groups in total. The monoisotopic (exact) mass is 326 g/mol. The molecule has 1 aromatic rings. The first kappa shape index (κ1) is 16.5. The summed E-state index contributed by atoms with van der Waals surface area (Å²) < 4.78 is 5.43. The van der Waals surface area contributed by atoms with Gasteiger partial charge in [0.2, 0.25) is 0 Å². The van der Waals surface area contributed by atoms with Crippen molar-refractivity contribution in [2.45, 2.75) is 51.0 Å². The molecule has 2 aliphatic rings. The maximum absolute atomic E-state index is 12.5. The fraction of sp³-hybridized carbons (Fsp3) is 0.526. The average Bonchev–Trinajstić information content (AvgIpc) is 2.79. The van der Waals surface area contributed by atoms with Crippen LogP contribution in [0.25, 0.3) is 0 Å². The standard InChI is InChI=1S/C19H22N2O3/c1-18(2,3)24-17(23)21-9-7-19(8-10-21)11-15(22)16-13(12-20)5-4-6-14(16)19/h4-6H,7-11H2,1-3H3. The summed E-state index contributed by atoms with van der Waals surface area (Å²) in [7, 11) is 0. The Morgan fingerprint density at radius 3 is 2.54 bits per heavy atom. The van der Waals surface area contributed by atoms with Crippen molar-refractivity contribution in [1.29, 1.82) is 5.26 Å². The molecule has 24 heavy (non-hydrogen) atoms. The first-order chi connectivity index (χ1) is 11.3. The van der Waals surface area contributed by atoms with Gasteiger partial charge in [0.15, 0.2) is 5.78 Å². The molecule has 0 saturated carbocycles. The molecule has 1 amide bonds. The fourth-order valence-electron chi connectivity index (χ4n) is 3.77. The van der Waals surface area contributed by atoms with Gasteiger partial charge >= 0.3 is 6.09 Å². The molecule has 0 aromatic heterocycles. The van der Waals surface area contributed by atoms with Crippen molar-refractivity contribution in [2.24, 2.45) is 0 Å². The summed E-state index contributed by atoms with van der Waals surface area (Å²) in [5, 5.41) is 9.26. The van der Waals surface area contributed by atoms with E-state index in [-0.39, 0.29) is 17.3 Å². The summed E-state index contributed by atoms with van der Waals surface area (Å²) in [5.41, 5.74) is 1.28. The number of ketones is 1. The topological polar surface area (TPSA) is 70.4 Å². The van der Waals surface area contributed by atoms with E-state index in [0.717, 1.165) is 18.4 Å². The van der Waals surface area contributed by atoms with Crippen LogP contribution in [0.15, 0.2) is 18.2 Å². The quantitative estimate of drug-likeness (QED) is 0.732. The van der Waals surface area contributed by atoms with Gasteiger partial charge in [0.1, 0.15) is 5.60 Å². The van der Waals surface area contributed by atoms with Crippen LogP contribution in [-0.2, 0) is 10.2 Å². The molecule has 1 heterocycles. The molecule has 1 saturated heterocycles. The lowest BCUT2D eigenvalue weighted by atomic mass is 9.73. The van der Waals surface area contributed by atoms with Crippen LogP contribution in [0.4, 0.5) is 4.79 Å². The normalized spacial score (nSPS) is 19.1. The van der Waals surface area contributed by atoms with Crippen molar-refractivity contribution in [3.05, 3.63) is 34.9 Å². The molecule has 0 unspecified atom stereocenters. The number of nitriles is 1. The smallest absolute Gasteiger partial charge is 0.410 e. The highest BCUT2D eigenvalue weighted by Gasteiger charge is 2.46. The maximum Gasteiger partial charge on any atom is 0.410 e. The summed E-state index contributed by atoms with van der Waals surface area (Å²) in [6, 6.07) is 7.63.